The first-order valence-electron chi connectivity index (χ1n) is 4.61. The van der Waals surface area contributed by atoms with Gasteiger partial charge in [0.05, 0.1) is 18.1 Å². The number of nitrogens with zero attached hydrogens (tertiary/aromatic N) is 4. The Labute approximate surface area is 105 Å². The largest absolute Gasteiger partial charge is 0.489 e. The second-order valence-corrected chi connectivity index (χ2v) is 3.55. The first kappa shape index (κ1) is 12.2. The average molecular weight is 273 g/mol. The topological polar surface area (TPSA) is 83.1 Å². The van der Waals surface area contributed by atoms with E-state index >= 15 is 0 Å². The van der Waals surface area contributed by atoms with Crippen LogP contribution < -0.4 is 4.74 Å². The van der Waals surface area contributed by atoms with E-state index in [0.717, 1.165) is 10.7 Å². The van der Waals surface area contributed by atoms with E-state index in [2.05, 4.69) is 10.1 Å². The molecule has 1 aromatic heterocycles. The van der Waals surface area contributed by atoms with E-state index in [-0.39, 0.29) is 16.5 Å². The highest BCUT2D eigenvalue weighted by Gasteiger charge is 2.26. The van der Waals surface area contributed by atoms with E-state index in [1.54, 1.807) is 0 Å². The van der Waals surface area contributed by atoms with Crippen LogP contribution in [0.25, 0.3) is 5.69 Å². The van der Waals surface area contributed by atoms with E-state index in [9.17, 15) is 14.5 Å². The zero-order valence-electron chi connectivity index (χ0n) is 9.00. The molecule has 1 aromatic carbocycles. The molecule has 0 spiro atoms. The van der Waals surface area contributed by atoms with Crippen molar-refractivity contribution in [3.63, 3.8) is 0 Å². The number of nitro groups is 1. The highest BCUT2D eigenvalue weighted by molar-refractivity contribution is 6.34. The summed E-state index contributed by atoms with van der Waals surface area (Å²) in [7, 11) is 1.21. The minimum atomic E-state index is -0.891. The first-order chi connectivity index (χ1) is 8.56. The van der Waals surface area contributed by atoms with Gasteiger partial charge >= 0.3 is 5.69 Å². The van der Waals surface area contributed by atoms with Crippen LogP contribution in [0.5, 0.6) is 5.75 Å². The lowest BCUT2D eigenvalue weighted by atomic mass is 10.2. The molecule has 2 aromatic rings. The first-order valence-corrected chi connectivity index (χ1v) is 4.99. The van der Waals surface area contributed by atoms with Crippen LogP contribution in [-0.2, 0) is 0 Å². The van der Waals surface area contributed by atoms with E-state index in [1.165, 1.54) is 19.8 Å². The van der Waals surface area contributed by atoms with Gasteiger partial charge in [-0.15, -0.1) is 0 Å². The minimum Gasteiger partial charge on any atom is -0.489 e. The molecule has 94 valence electrons. The molecule has 0 aliphatic carbocycles. The van der Waals surface area contributed by atoms with Crippen molar-refractivity contribution in [3.05, 3.63) is 39.7 Å². The third-order valence-corrected chi connectivity index (χ3v) is 2.53. The van der Waals surface area contributed by atoms with Gasteiger partial charge in [-0.2, -0.15) is 5.10 Å². The molecule has 0 aliphatic heterocycles. The number of hydrogen-bond acceptors (Lipinski definition) is 5. The summed E-state index contributed by atoms with van der Waals surface area (Å²) in [6, 6.07) is 0.724. The van der Waals surface area contributed by atoms with Crippen molar-refractivity contribution in [2.75, 3.05) is 7.11 Å². The van der Waals surface area contributed by atoms with Gasteiger partial charge in [0, 0.05) is 0 Å². The molecule has 0 bridgehead atoms. The predicted octanol–water partition coefficient (Wildman–Crippen LogP) is 1.98. The molecule has 0 radical (unpaired) electrons. The van der Waals surface area contributed by atoms with Crippen molar-refractivity contribution in [1.29, 1.82) is 0 Å². The summed E-state index contributed by atoms with van der Waals surface area (Å²) < 4.78 is 19.7. The van der Waals surface area contributed by atoms with Crippen LogP contribution in [0.1, 0.15) is 0 Å². The molecule has 0 saturated heterocycles. The van der Waals surface area contributed by atoms with Crippen molar-refractivity contribution in [1.82, 2.24) is 14.8 Å². The minimum absolute atomic E-state index is 0.156. The number of hydrogen-bond donors (Lipinski definition) is 0. The maximum Gasteiger partial charge on any atom is 0.315 e. The Morgan fingerprint density at radius 1 is 1.61 bits per heavy atom. The Morgan fingerprint density at radius 3 is 2.83 bits per heavy atom. The van der Waals surface area contributed by atoms with Crippen molar-refractivity contribution >= 4 is 17.3 Å². The van der Waals surface area contributed by atoms with Gasteiger partial charge in [0.1, 0.15) is 23.4 Å². The van der Waals surface area contributed by atoms with E-state index in [4.69, 9.17) is 16.3 Å². The Balaban J connectivity index is 2.74. The number of benzene rings is 1. The fourth-order valence-corrected chi connectivity index (χ4v) is 1.79. The molecule has 1 heterocycles. The van der Waals surface area contributed by atoms with Gasteiger partial charge in [0.2, 0.25) is 5.75 Å². The zero-order valence-corrected chi connectivity index (χ0v) is 9.76. The standard InChI is InChI=1S/C9H6ClFN4O3/c1-18-9-6(15(16)17)2-5(11)8(7(9)10)14-4-12-3-13-14/h2-4H,1H3. The summed E-state index contributed by atoms with van der Waals surface area (Å²) in [5, 5.41) is 14.2. The molecule has 0 unspecified atom stereocenters. The predicted molar refractivity (Wildman–Crippen MR) is 59.5 cm³/mol. The molecule has 0 fully saturated rings. The summed E-state index contributed by atoms with van der Waals surface area (Å²) in [6.07, 6.45) is 2.40. The van der Waals surface area contributed by atoms with Gasteiger partial charge in [-0.25, -0.2) is 14.1 Å². The summed E-state index contributed by atoms with van der Waals surface area (Å²) in [4.78, 5) is 13.6. The zero-order chi connectivity index (χ0) is 13.3. The normalized spacial score (nSPS) is 10.4. The average Bonchev–Trinajstić information content (AvgIpc) is 2.81. The molecule has 0 atom stereocenters. The number of methoxy groups -OCH3 is 1. The lowest BCUT2D eigenvalue weighted by Crippen LogP contribution is -2.04. The Bertz CT molecular complexity index is 602. The molecule has 0 N–H and O–H groups in total. The van der Waals surface area contributed by atoms with E-state index in [0.29, 0.717) is 0 Å². The maximum atomic E-state index is 13.8. The van der Waals surface area contributed by atoms with Crippen molar-refractivity contribution in [3.8, 4) is 11.4 Å². The number of aromatic nitrogens is 3. The van der Waals surface area contributed by atoms with Crippen molar-refractivity contribution < 1.29 is 14.1 Å². The molecule has 0 aliphatic rings. The van der Waals surface area contributed by atoms with Crippen LogP contribution in [0.15, 0.2) is 18.7 Å². The highest BCUT2D eigenvalue weighted by Crippen LogP contribution is 2.40. The molecule has 7 nitrogen and oxygen atoms in total. The van der Waals surface area contributed by atoms with Crippen LogP contribution in [-0.4, -0.2) is 26.8 Å². The molecule has 0 saturated carbocycles. The fraction of sp³-hybridized carbons (Fsp3) is 0.111. The van der Waals surface area contributed by atoms with Gasteiger partial charge in [0.25, 0.3) is 0 Å². The van der Waals surface area contributed by atoms with Gasteiger partial charge in [-0.3, -0.25) is 10.1 Å². The smallest absolute Gasteiger partial charge is 0.315 e. The van der Waals surface area contributed by atoms with E-state index in [1.807, 2.05) is 0 Å². The summed E-state index contributed by atoms with van der Waals surface area (Å²) in [6.45, 7) is 0. The monoisotopic (exact) mass is 272 g/mol. The summed E-state index contributed by atoms with van der Waals surface area (Å²) in [5.41, 5.74) is -0.708. The number of nitro benzene ring substituents is 1. The lowest BCUT2D eigenvalue weighted by molar-refractivity contribution is -0.385. The summed E-state index contributed by atoms with van der Waals surface area (Å²) in [5.74, 6) is -1.12. The molecule has 9 heteroatoms. The molecule has 0 amide bonds. The van der Waals surface area contributed by atoms with Crippen LogP contribution in [0.4, 0.5) is 10.1 Å². The van der Waals surface area contributed by atoms with Crippen LogP contribution in [0.3, 0.4) is 0 Å². The second kappa shape index (κ2) is 4.57. The molecular weight excluding hydrogens is 267 g/mol. The Kier molecular flexibility index (Phi) is 3.11. The van der Waals surface area contributed by atoms with Crippen LogP contribution in [0.2, 0.25) is 5.02 Å². The number of ether oxygens (including phenoxy) is 1. The van der Waals surface area contributed by atoms with E-state index < -0.39 is 16.4 Å². The third kappa shape index (κ3) is 1.86. The van der Waals surface area contributed by atoms with Crippen molar-refractivity contribution in [2.24, 2.45) is 0 Å². The number of halogens is 2. The fourth-order valence-electron chi connectivity index (χ4n) is 1.44. The third-order valence-electron chi connectivity index (χ3n) is 2.18. The molecular formula is C9H6ClFN4O3. The molecule has 2 rings (SSSR count). The number of rotatable bonds is 3. The van der Waals surface area contributed by atoms with Crippen LogP contribution >= 0.6 is 11.6 Å². The quantitative estimate of drug-likeness (QED) is 0.630. The second-order valence-electron chi connectivity index (χ2n) is 3.17. The van der Waals surface area contributed by atoms with Crippen LogP contribution in [0, 0.1) is 15.9 Å². The van der Waals surface area contributed by atoms with Gasteiger partial charge in [-0.1, -0.05) is 11.6 Å². The summed E-state index contributed by atoms with van der Waals surface area (Å²) >= 11 is 5.90. The van der Waals surface area contributed by atoms with Gasteiger partial charge < -0.3 is 4.74 Å². The van der Waals surface area contributed by atoms with Crippen molar-refractivity contribution in [2.45, 2.75) is 0 Å². The van der Waals surface area contributed by atoms with Gasteiger partial charge in [0.15, 0.2) is 5.82 Å². The lowest BCUT2D eigenvalue weighted by Gasteiger charge is -2.09. The Hall–Kier alpha value is -2.22. The SMILES string of the molecule is COc1c([N+](=O)[O-])cc(F)c(-n2cncn2)c1Cl. The van der Waals surface area contributed by atoms with Gasteiger partial charge in [-0.05, 0) is 0 Å². The highest BCUT2D eigenvalue weighted by atomic mass is 35.5. The maximum absolute atomic E-state index is 13.8. The molecule has 18 heavy (non-hydrogen) atoms. The Morgan fingerprint density at radius 2 is 2.33 bits per heavy atom.